The third-order valence-corrected chi connectivity index (χ3v) is 17.8. The molecule has 4 heterocycles. The second-order valence-corrected chi connectivity index (χ2v) is 24.6. The molecule has 86 heavy (non-hydrogen) atoms. The summed E-state index contributed by atoms with van der Waals surface area (Å²) in [4.78, 5) is 127. The number of nitrogens with one attached hydrogen (secondary N) is 2. The van der Waals surface area contributed by atoms with Gasteiger partial charge in [0.25, 0.3) is 17.7 Å². The van der Waals surface area contributed by atoms with Gasteiger partial charge in [0.15, 0.2) is 11.9 Å². The number of aliphatic carboxylic acids is 1. The predicted molar refractivity (Wildman–Crippen MR) is 315 cm³/mol. The van der Waals surface area contributed by atoms with Gasteiger partial charge >= 0.3 is 11.9 Å². The predicted octanol–water partition coefficient (Wildman–Crippen LogP) is 3.58. The summed E-state index contributed by atoms with van der Waals surface area (Å²) >= 11 is 1.13. The van der Waals surface area contributed by atoms with Gasteiger partial charge in [-0.1, -0.05) is 71.4 Å². The molecule has 0 aliphatic carbocycles. The summed E-state index contributed by atoms with van der Waals surface area (Å²) in [6, 6.07) is 11.7. The van der Waals surface area contributed by atoms with Crippen molar-refractivity contribution in [2.24, 2.45) is 29.4 Å². The molecule has 8 N–H and O–H groups in total. The SMILES string of the molecule is CC[C@H](C)[C@H](CC(=O)[C@H]1CCCC[N+]1(C)Cc1ccc(OC2OCC(O)[C@H](O)[C@@H]2O)c(CC(=O)CCNC(=O)[C@H](CN)N2C(=O)C=CC2=O)c1)C(=O)N(C)[C@@H](C[C@H](OC(C)=O)c1nc(C(=O)N[C@@H](Cc2ccccc2)C[C@H](C)C(=O)O)cs1)C(C)C. The molecule has 0 spiro atoms. The Bertz CT molecular complexity index is 2900. The molecule has 3 aliphatic heterocycles. The fourth-order valence-electron chi connectivity index (χ4n) is 11.7. The summed E-state index contributed by atoms with van der Waals surface area (Å²) in [7, 11) is 3.69. The maximum atomic E-state index is 15.0. The molecule has 0 radical (unpaired) electrons. The van der Waals surface area contributed by atoms with Crippen LogP contribution in [0.5, 0.6) is 5.75 Å². The van der Waals surface area contributed by atoms with E-state index in [9.17, 15) is 54.0 Å². The van der Waals surface area contributed by atoms with Crippen LogP contribution < -0.4 is 21.1 Å². The molecule has 2 fully saturated rings. The van der Waals surface area contributed by atoms with Gasteiger partial charge in [0.05, 0.1) is 26.1 Å². The number of benzene rings is 2. The summed E-state index contributed by atoms with van der Waals surface area (Å²) in [5.74, 6) is -6.55. The average molecular weight is 1220 g/mol. The summed E-state index contributed by atoms with van der Waals surface area (Å²) in [5.41, 5.74) is 7.86. The smallest absolute Gasteiger partial charge is 0.306 e. The Morgan fingerprint density at radius 2 is 1.65 bits per heavy atom. The van der Waals surface area contributed by atoms with Crippen molar-refractivity contribution in [1.29, 1.82) is 0 Å². The third-order valence-electron chi connectivity index (χ3n) is 16.9. The molecular weight excluding hydrogens is 1130 g/mol. The maximum Gasteiger partial charge on any atom is 0.306 e. The van der Waals surface area contributed by atoms with E-state index in [1.165, 1.54) is 6.92 Å². The van der Waals surface area contributed by atoms with Crippen LogP contribution in [-0.2, 0) is 67.2 Å². The van der Waals surface area contributed by atoms with Crippen molar-refractivity contribution in [1.82, 2.24) is 25.4 Å². The lowest BCUT2D eigenvalue weighted by Gasteiger charge is -2.45. The van der Waals surface area contributed by atoms with Crippen molar-refractivity contribution >= 4 is 64.4 Å². The van der Waals surface area contributed by atoms with Gasteiger partial charge in [-0.15, -0.1) is 11.3 Å². The van der Waals surface area contributed by atoms with Gasteiger partial charge in [-0.05, 0) is 61.3 Å². The quantitative estimate of drug-likeness (QED) is 0.0275. The number of aliphatic hydroxyl groups excluding tert-OH is 3. The number of amides is 5. The minimum Gasteiger partial charge on any atom is -0.481 e. The molecule has 6 rings (SSSR count). The lowest BCUT2D eigenvalue weighted by atomic mass is 9.82. The molecule has 470 valence electrons. The van der Waals surface area contributed by atoms with E-state index in [2.05, 4.69) is 15.6 Å². The topological polar surface area (TPSA) is 332 Å². The average Bonchev–Trinajstić information content (AvgIpc) is 3.28. The second-order valence-electron chi connectivity index (χ2n) is 23.7. The number of aromatic nitrogens is 1. The molecule has 5 amide bonds. The Morgan fingerprint density at radius 1 is 0.953 bits per heavy atom. The standard InChI is InChI=1S/C62H85N7O16S/c1-9-36(4)44(60(80)67(7)46(35(2)3)30-52(84-38(6)70)59-66-45(34-86-59)57(78)65-42(25-37(5)61(81)82)27-39-15-11-10-12-16-39)29-49(72)48-17-13-14-24-69(48,8)32-40-18-19-51(85-62-56(77)55(76)50(73)33-83-62)41(26-40)28-43(71)22-23-64-58(79)47(31-63)68-53(74)20-21-54(68)75/h10-12,15-16,18-21,26,34-37,42,44,46-48,50,52,55-56,62,73,76-77H,9,13-14,17,22-25,27-33,63H2,1-8H3,(H2-,64,65,78,79,81,82)/p+1/t36-,37-,42+,44-,46-,47-,48+,50?,52-,55-,56-,62?,69?/m0/s1. The van der Waals surface area contributed by atoms with Crippen LogP contribution in [0.4, 0.5) is 0 Å². The van der Waals surface area contributed by atoms with E-state index in [1.807, 2.05) is 65.1 Å². The van der Waals surface area contributed by atoms with Crippen LogP contribution in [-0.4, -0.2) is 182 Å². The fraction of sp³-hybridized carbons (Fsp3) is 0.581. The first-order chi connectivity index (χ1) is 40.7. The van der Waals surface area contributed by atoms with Crippen LogP contribution >= 0.6 is 11.3 Å². The number of piperidine rings is 1. The second kappa shape index (κ2) is 31.2. The molecule has 13 atom stereocenters. The Labute approximate surface area is 506 Å². The number of imide groups is 1. The fourth-order valence-corrected chi connectivity index (χ4v) is 12.5. The number of ketones is 2. The van der Waals surface area contributed by atoms with Crippen LogP contribution in [0.1, 0.15) is 131 Å². The van der Waals surface area contributed by atoms with Gasteiger partial charge in [-0.25, -0.2) is 4.98 Å². The highest BCUT2D eigenvalue weighted by molar-refractivity contribution is 7.09. The number of rotatable bonds is 31. The van der Waals surface area contributed by atoms with Crippen LogP contribution in [0.15, 0.2) is 66.1 Å². The molecule has 0 saturated carbocycles. The zero-order valence-electron chi connectivity index (χ0n) is 50.4. The summed E-state index contributed by atoms with van der Waals surface area (Å²) in [6.07, 6.45) is -1.88. The van der Waals surface area contributed by atoms with E-state index in [1.54, 1.807) is 42.5 Å². The number of likely N-dealkylation sites (N-methyl/N-ethyl adjacent to an activating group) is 1. The van der Waals surface area contributed by atoms with Crippen LogP contribution in [0.25, 0.3) is 0 Å². The van der Waals surface area contributed by atoms with E-state index in [0.29, 0.717) is 42.9 Å². The lowest BCUT2D eigenvalue weighted by Crippen LogP contribution is -2.58. The number of esters is 1. The Morgan fingerprint density at radius 3 is 2.29 bits per heavy atom. The number of carboxylic acid groups (broad SMARTS) is 1. The number of hydrogen-bond donors (Lipinski definition) is 7. The first-order valence-corrected chi connectivity index (χ1v) is 30.5. The zero-order valence-corrected chi connectivity index (χ0v) is 51.2. The summed E-state index contributed by atoms with van der Waals surface area (Å²) in [5, 5.41) is 48.5. The minimum absolute atomic E-state index is 0.0444. The van der Waals surface area contributed by atoms with Crippen LogP contribution in [0, 0.1) is 23.7 Å². The van der Waals surface area contributed by atoms with E-state index < -0.39 is 102 Å². The minimum atomic E-state index is -1.64. The van der Waals surface area contributed by atoms with Gasteiger partial charge in [0, 0.05) is 106 Å². The van der Waals surface area contributed by atoms with Crippen molar-refractivity contribution in [3.8, 4) is 5.75 Å². The number of likely N-dealkylation sites (tertiary alicyclic amines) is 1. The van der Waals surface area contributed by atoms with E-state index in [4.69, 9.17) is 19.9 Å². The highest BCUT2D eigenvalue weighted by atomic mass is 32.1. The molecule has 2 aromatic carbocycles. The number of carbonyl (C=O) groups is 9. The number of aliphatic hydroxyl groups is 3. The normalized spacial score (nSPS) is 22.9. The van der Waals surface area contributed by atoms with Crippen molar-refractivity contribution in [2.75, 3.05) is 40.3 Å². The largest absolute Gasteiger partial charge is 0.481 e. The number of ether oxygens (including phenoxy) is 3. The van der Waals surface area contributed by atoms with Crippen molar-refractivity contribution in [3.63, 3.8) is 0 Å². The molecule has 24 heteroatoms. The number of carbonyl (C=O) groups excluding carboxylic acids is 8. The highest BCUT2D eigenvalue weighted by Gasteiger charge is 2.45. The Hall–Kier alpha value is -6.80. The first-order valence-electron chi connectivity index (χ1n) is 29.6. The summed E-state index contributed by atoms with van der Waals surface area (Å²) < 4.78 is 17.8. The van der Waals surface area contributed by atoms with E-state index in [0.717, 1.165) is 52.4 Å². The van der Waals surface area contributed by atoms with Gasteiger partial charge in [-0.3, -0.25) is 48.1 Å². The zero-order chi connectivity index (χ0) is 63.2. The molecule has 0 bridgehead atoms. The Kier molecular flexibility index (Phi) is 24.8. The van der Waals surface area contributed by atoms with Crippen LogP contribution in [0.3, 0.4) is 0 Å². The first kappa shape index (κ1) is 68.3. The van der Waals surface area contributed by atoms with Gasteiger partial charge in [0.1, 0.15) is 59.2 Å². The van der Waals surface area contributed by atoms with E-state index in [-0.39, 0.29) is 97.0 Å². The maximum absolute atomic E-state index is 15.0. The third kappa shape index (κ3) is 17.9. The molecule has 3 aromatic rings. The van der Waals surface area contributed by atoms with Crippen molar-refractivity contribution in [3.05, 3.63) is 93.5 Å². The number of hydrogen-bond acceptors (Lipinski definition) is 18. The number of nitrogens with zero attached hydrogens (tertiary/aromatic N) is 4. The lowest BCUT2D eigenvalue weighted by molar-refractivity contribution is -0.941. The van der Waals surface area contributed by atoms with Crippen LogP contribution in [0.2, 0.25) is 0 Å². The van der Waals surface area contributed by atoms with Gasteiger partial charge in [0.2, 0.25) is 18.1 Å². The van der Waals surface area contributed by atoms with Crippen molar-refractivity contribution in [2.45, 2.75) is 167 Å². The molecule has 3 aliphatic rings. The van der Waals surface area contributed by atoms with Gasteiger partial charge in [-0.2, -0.15) is 0 Å². The van der Waals surface area contributed by atoms with E-state index >= 15 is 9.59 Å². The van der Waals surface area contributed by atoms with Gasteiger partial charge < -0.3 is 60.4 Å². The number of Topliss-reactive ketones (excluding diaryl/α,β-unsaturated/α-hetero) is 2. The molecule has 1 aromatic heterocycles. The molecular formula is C62H86N7O16S+. The Balaban J connectivity index is 1.18. The number of nitrogens with two attached hydrogens (primary N) is 1. The molecule has 3 unspecified atom stereocenters. The number of quaternary nitrogens is 1. The number of thiazole rings is 1. The molecule has 2 saturated heterocycles. The summed E-state index contributed by atoms with van der Waals surface area (Å²) in [6.45, 7) is 10.8. The molecule has 23 nitrogen and oxygen atoms in total. The highest BCUT2D eigenvalue weighted by Crippen LogP contribution is 2.36. The van der Waals surface area contributed by atoms with Crippen molar-refractivity contribution < 1.29 is 82.3 Å². The number of carboxylic acids is 1. The monoisotopic (exact) mass is 1220 g/mol.